The van der Waals surface area contributed by atoms with Gasteiger partial charge in [0.05, 0.1) is 6.61 Å². The fraction of sp³-hybridized carbons (Fsp3) is 0.632. The number of ether oxygens (including phenoxy) is 2. The number of guanidine groups is 1. The molecule has 1 aromatic rings. The topological polar surface area (TPSA) is 58.1 Å². The highest BCUT2D eigenvalue weighted by molar-refractivity contribution is 14.0. The second kappa shape index (κ2) is 15.5. The molecule has 0 bridgehead atoms. The minimum Gasteiger partial charge on any atom is -0.490 e. The first kappa shape index (κ1) is 26.6. The van der Waals surface area contributed by atoms with Crippen LogP contribution >= 0.6 is 24.0 Å². The van der Waals surface area contributed by atoms with E-state index >= 15 is 0 Å². The molecule has 0 heterocycles. The first-order valence-corrected chi connectivity index (χ1v) is 9.41. The van der Waals surface area contributed by atoms with Crippen molar-refractivity contribution in [3.05, 3.63) is 23.8 Å². The van der Waals surface area contributed by atoms with E-state index in [-0.39, 0.29) is 36.3 Å². The quantitative estimate of drug-likeness (QED) is 0.253. The highest BCUT2D eigenvalue weighted by atomic mass is 127. The van der Waals surface area contributed by atoms with E-state index in [2.05, 4.69) is 39.1 Å². The van der Waals surface area contributed by atoms with Gasteiger partial charge in [-0.2, -0.15) is 8.78 Å². The van der Waals surface area contributed by atoms with Gasteiger partial charge in [0.25, 0.3) is 0 Å². The lowest BCUT2D eigenvalue weighted by atomic mass is 10.2. The number of hydrogen-bond donors (Lipinski definition) is 2. The Kier molecular flexibility index (Phi) is 14.8. The summed E-state index contributed by atoms with van der Waals surface area (Å²) in [5.41, 5.74) is 0.574. The van der Waals surface area contributed by atoms with E-state index < -0.39 is 6.61 Å². The highest BCUT2D eigenvalue weighted by Crippen LogP contribution is 2.32. The minimum absolute atomic E-state index is 0. The molecule has 28 heavy (non-hydrogen) atoms. The Morgan fingerprint density at radius 1 is 1.18 bits per heavy atom. The Bertz CT molecular complexity index is 577. The van der Waals surface area contributed by atoms with Gasteiger partial charge >= 0.3 is 6.61 Å². The van der Waals surface area contributed by atoms with Crippen LogP contribution in [-0.4, -0.2) is 57.3 Å². The number of nitrogens with zero attached hydrogens (tertiary/aromatic N) is 2. The predicted molar refractivity (Wildman–Crippen MR) is 120 cm³/mol. The summed E-state index contributed by atoms with van der Waals surface area (Å²) in [6.07, 6.45) is 1.11. The zero-order valence-electron chi connectivity index (χ0n) is 17.1. The monoisotopic (exact) mass is 514 g/mol. The molecule has 0 saturated carbocycles. The molecule has 1 rings (SSSR count). The summed E-state index contributed by atoms with van der Waals surface area (Å²) in [4.78, 5) is 6.52. The number of benzene rings is 1. The molecule has 0 saturated heterocycles. The summed E-state index contributed by atoms with van der Waals surface area (Å²) in [5, 5.41) is 6.37. The number of para-hydroxylation sites is 1. The maximum Gasteiger partial charge on any atom is 0.387 e. The lowest BCUT2D eigenvalue weighted by Gasteiger charge is -2.21. The molecule has 1 aromatic carbocycles. The van der Waals surface area contributed by atoms with Crippen molar-refractivity contribution in [2.75, 3.05) is 39.8 Å². The van der Waals surface area contributed by atoms with Crippen LogP contribution in [0.2, 0.25) is 0 Å². The van der Waals surface area contributed by atoms with Crippen LogP contribution in [0.25, 0.3) is 0 Å². The normalized spacial score (nSPS) is 11.4. The van der Waals surface area contributed by atoms with Crippen molar-refractivity contribution in [3.8, 4) is 11.5 Å². The maximum absolute atomic E-state index is 12.8. The Hall–Kier alpha value is -1.36. The van der Waals surface area contributed by atoms with Crippen molar-refractivity contribution in [1.29, 1.82) is 0 Å². The molecular weight excluding hydrogens is 481 g/mol. The van der Waals surface area contributed by atoms with E-state index in [0.717, 1.165) is 32.6 Å². The Balaban J connectivity index is 0.00000729. The van der Waals surface area contributed by atoms with Gasteiger partial charge in [0.2, 0.25) is 0 Å². The Morgan fingerprint density at radius 2 is 1.93 bits per heavy atom. The summed E-state index contributed by atoms with van der Waals surface area (Å²) in [6.45, 7) is 7.54. The van der Waals surface area contributed by atoms with Crippen molar-refractivity contribution >= 4 is 29.9 Å². The molecule has 2 N–H and O–H groups in total. The molecule has 0 amide bonds. The summed E-state index contributed by atoms with van der Waals surface area (Å²) >= 11 is 0. The van der Waals surface area contributed by atoms with Gasteiger partial charge in [-0.25, -0.2) is 0 Å². The summed E-state index contributed by atoms with van der Waals surface area (Å²) in [6, 6.07) is 5.09. The number of hydrogen-bond acceptors (Lipinski definition) is 4. The number of likely N-dealkylation sites (N-methyl/N-ethyl adjacent to an activating group) is 1. The van der Waals surface area contributed by atoms with Crippen LogP contribution in [0.1, 0.15) is 32.8 Å². The van der Waals surface area contributed by atoms with E-state index in [1.54, 1.807) is 32.2 Å². The molecule has 9 heteroatoms. The molecule has 0 aliphatic carbocycles. The van der Waals surface area contributed by atoms with Crippen LogP contribution in [0.15, 0.2) is 23.2 Å². The number of rotatable bonds is 12. The van der Waals surface area contributed by atoms with Crippen molar-refractivity contribution < 1.29 is 18.3 Å². The molecule has 162 valence electrons. The number of alkyl halides is 2. The van der Waals surface area contributed by atoms with Gasteiger partial charge in [-0.3, -0.25) is 4.99 Å². The van der Waals surface area contributed by atoms with E-state index in [0.29, 0.717) is 23.9 Å². The first-order valence-electron chi connectivity index (χ1n) is 9.41. The standard InChI is InChI=1S/C19H32F2N4O2.HI/c1-5-12-25(6-2)13-11-23-19(22-4)24-14-15-9-8-10-16(26-7-3)17(15)27-18(20)21;/h8-10,18H,5-7,11-14H2,1-4H3,(H2,22,23,24);1H. The molecule has 0 unspecified atom stereocenters. The summed E-state index contributed by atoms with van der Waals surface area (Å²) in [5.74, 6) is 0.961. The third-order valence-corrected chi connectivity index (χ3v) is 3.94. The lowest BCUT2D eigenvalue weighted by molar-refractivity contribution is -0.0520. The molecule has 0 fully saturated rings. The smallest absolute Gasteiger partial charge is 0.387 e. The molecule has 0 spiro atoms. The van der Waals surface area contributed by atoms with Crippen molar-refractivity contribution in [2.45, 2.75) is 40.3 Å². The molecule has 0 atom stereocenters. The number of nitrogens with one attached hydrogen (secondary N) is 2. The Morgan fingerprint density at radius 3 is 2.50 bits per heavy atom. The van der Waals surface area contributed by atoms with Crippen LogP contribution in [-0.2, 0) is 6.54 Å². The van der Waals surface area contributed by atoms with Crippen molar-refractivity contribution in [3.63, 3.8) is 0 Å². The number of halogens is 3. The fourth-order valence-electron chi connectivity index (χ4n) is 2.67. The van der Waals surface area contributed by atoms with Gasteiger partial charge in [-0.15, -0.1) is 24.0 Å². The SMILES string of the molecule is CCCN(CC)CCNC(=NC)NCc1cccc(OCC)c1OC(F)F.I. The molecule has 0 aromatic heterocycles. The third-order valence-electron chi connectivity index (χ3n) is 3.94. The Labute approximate surface area is 184 Å². The number of aliphatic imine (C=N–C) groups is 1. The van der Waals surface area contributed by atoms with Crippen LogP contribution in [0.5, 0.6) is 11.5 Å². The van der Waals surface area contributed by atoms with Crippen molar-refractivity contribution in [2.24, 2.45) is 4.99 Å². The van der Waals surface area contributed by atoms with Crippen LogP contribution in [0, 0.1) is 0 Å². The average molecular weight is 514 g/mol. The zero-order chi connectivity index (χ0) is 20.1. The molecule has 0 radical (unpaired) electrons. The van der Waals surface area contributed by atoms with Crippen LogP contribution in [0.4, 0.5) is 8.78 Å². The zero-order valence-corrected chi connectivity index (χ0v) is 19.5. The largest absolute Gasteiger partial charge is 0.490 e. The fourth-order valence-corrected chi connectivity index (χ4v) is 2.67. The molecule has 6 nitrogen and oxygen atoms in total. The predicted octanol–water partition coefficient (Wildman–Crippen LogP) is 3.70. The second-order valence-electron chi connectivity index (χ2n) is 5.84. The highest BCUT2D eigenvalue weighted by Gasteiger charge is 2.16. The lowest BCUT2D eigenvalue weighted by Crippen LogP contribution is -2.41. The van der Waals surface area contributed by atoms with Gasteiger partial charge in [0.1, 0.15) is 0 Å². The first-order chi connectivity index (χ1) is 13.0. The summed E-state index contributed by atoms with van der Waals surface area (Å²) < 4.78 is 35.7. The van der Waals surface area contributed by atoms with Gasteiger partial charge in [-0.1, -0.05) is 26.0 Å². The van der Waals surface area contributed by atoms with Gasteiger partial charge in [0, 0.05) is 32.2 Å². The van der Waals surface area contributed by atoms with Crippen LogP contribution < -0.4 is 20.1 Å². The van der Waals surface area contributed by atoms with E-state index in [1.165, 1.54) is 0 Å². The average Bonchev–Trinajstić information content (AvgIpc) is 2.65. The molecule has 0 aliphatic heterocycles. The maximum atomic E-state index is 12.8. The van der Waals surface area contributed by atoms with Crippen molar-refractivity contribution in [1.82, 2.24) is 15.5 Å². The van der Waals surface area contributed by atoms with E-state index in [1.807, 2.05) is 0 Å². The van der Waals surface area contributed by atoms with Gasteiger partial charge < -0.3 is 25.0 Å². The molecular formula is C19H33F2IN4O2. The van der Waals surface area contributed by atoms with E-state index in [9.17, 15) is 8.78 Å². The summed E-state index contributed by atoms with van der Waals surface area (Å²) in [7, 11) is 1.67. The minimum atomic E-state index is -2.92. The second-order valence-corrected chi connectivity index (χ2v) is 5.84. The van der Waals surface area contributed by atoms with E-state index in [4.69, 9.17) is 4.74 Å². The van der Waals surface area contributed by atoms with Gasteiger partial charge in [-0.05, 0) is 32.5 Å². The third kappa shape index (κ3) is 9.72. The van der Waals surface area contributed by atoms with Crippen LogP contribution in [0.3, 0.4) is 0 Å². The van der Waals surface area contributed by atoms with Gasteiger partial charge in [0.15, 0.2) is 17.5 Å². The molecule has 0 aliphatic rings.